The summed E-state index contributed by atoms with van der Waals surface area (Å²) in [5, 5.41) is 8.80. The summed E-state index contributed by atoms with van der Waals surface area (Å²) in [6.45, 7) is 1.06. The Kier molecular flexibility index (Phi) is 3.93. The van der Waals surface area contributed by atoms with Gasteiger partial charge < -0.3 is 4.57 Å². The second-order valence-electron chi connectivity index (χ2n) is 4.52. The Morgan fingerprint density at radius 2 is 2.21 bits per heavy atom. The highest BCUT2D eigenvalue weighted by Crippen LogP contribution is 2.14. The highest BCUT2D eigenvalue weighted by molar-refractivity contribution is 5.34. The molecular weight excluding hydrogens is 243 g/mol. The summed E-state index contributed by atoms with van der Waals surface area (Å²) < 4.78 is 15.9. The number of halogens is 1. The molecule has 0 saturated heterocycles. The molecule has 4 nitrogen and oxygen atoms in total. The van der Waals surface area contributed by atoms with E-state index in [0.29, 0.717) is 18.7 Å². The Balaban J connectivity index is 2.10. The first-order chi connectivity index (χ1) is 9.11. The topological polar surface area (TPSA) is 44.9 Å². The standard InChI is InChI=1S/C14H15FN4/c1-18(10-13-17-6-7-19(13)2)9-12-5-3-4-11(8-16)14(12)15/h3-7H,9-10H2,1-2H3. The number of nitriles is 1. The molecule has 0 radical (unpaired) electrons. The van der Waals surface area contributed by atoms with Crippen molar-refractivity contribution in [3.63, 3.8) is 0 Å². The lowest BCUT2D eigenvalue weighted by atomic mass is 10.1. The molecule has 2 aromatic rings. The predicted molar refractivity (Wildman–Crippen MR) is 69.5 cm³/mol. The molecule has 1 aromatic carbocycles. The van der Waals surface area contributed by atoms with Gasteiger partial charge in [-0.05, 0) is 13.1 Å². The molecule has 0 aliphatic heterocycles. The maximum atomic E-state index is 13.9. The Labute approximate surface area is 111 Å². The Hall–Kier alpha value is -2.19. The van der Waals surface area contributed by atoms with Crippen LogP contribution < -0.4 is 0 Å². The number of rotatable bonds is 4. The Morgan fingerprint density at radius 1 is 1.42 bits per heavy atom. The molecule has 0 amide bonds. The molecule has 1 aromatic heterocycles. The van der Waals surface area contributed by atoms with E-state index in [9.17, 15) is 4.39 Å². The highest BCUT2D eigenvalue weighted by Gasteiger charge is 2.11. The lowest BCUT2D eigenvalue weighted by Crippen LogP contribution is -2.20. The van der Waals surface area contributed by atoms with Crippen LogP contribution in [0, 0.1) is 17.1 Å². The smallest absolute Gasteiger partial charge is 0.145 e. The van der Waals surface area contributed by atoms with Gasteiger partial charge in [0.1, 0.15) is 17.7 Å². The third-order valence-corrected chi connectivity index (χ3v) is 2.97. The summed E-state index contributed by atoms with van der Waals surface area (Å²) in [5.41, 5.74) is 0.610. The minimum atomic E-state index is -0.434. The van der Waals surface area contributed by atoms with Crippen LogP contribution in [-0.2, 0) is 20.1 Å². The third-order valence-electron chi connectivity index (χ3n) is 2.97. The fourth-order valence-corrected chi connectivity index (χ4v) is 1.93. The van der Waals surface area contributed by atoms with Crippen molar-refractivity contribution >= 4 is 0 Å². The van der Waals surface area contributed by atoms with Crippen molar-refractivity contribution in [1.82, 2.24) is 14.5 Å². The van der Waals surface area contributed by atoms with Gasteiger partial charge in [0.05, 0.1) is 12.1 Å². The van der Waals surface area contributed by atoms with Crippen LogP contribution in [0.5, 0.6) is 0 Å². The van der Waals surface area contributed by atoms with Crippen LogP contribution >= 0.6 is 0 Å². The molecule has 0 bridgehead atoms. The first-order valence-electron chi connectivity index (χ1n) is 5.94. The molecule has 0 saturated carbocycles. The molecule has 19 heavy (non-hydrogen) atoms. The highest BCUT2D eigenvalue weighted by atomic mass is 19.1. The van der Waals surface area contributed by atoms with Crippen LogP contribution in [0.1, 0.15) is 17.0 Å². The van der Waals surface area contributed by atoms with Crippen LogP contribution in [0.4, 0.5) is 4.39 Å². The summed E-state index contributed by atoms with van der Waals surface area (Å²) in [7, 11) is 3.82. The molecule has 0 N–H and O–H groups in total. The van der Waals surface area contributed by atoms with E-state index in [-0.39, 0.29) is 5.56 Å². The number of imidazole rings is 1. The van der Waals surface area contributed by atoms with Gasteiger partial charge in [0.25, 0.3) is 0 Å². The lowest BCUT2D eigenvalue weighted by Gasteiger charge is -2.17. The van der Waals surface area contributed by atoms with Gasteiger partial charge in [0, 0.05) is 31.5 Å². The van der Waals surface area contributed by atoms with Crippen molar-refractivity contribution in [3.05, 3.63) is 53.4 Å². The first kappa shape index (κ1) is 13.2. The SMILES string of the molecule is CN(Cc1cccc(C#N)c1F)Cc1nccn1C. The summed E-state index contributed by atoms with van der Waals surface area (Å²) in [6.07, 6.45) is 3.61. The van der Waals surface area contributed by atoms with Crippen molar-refractivity contribution in [1.29, 1.82) is 5.26 Å². The molecule has 1 heterocycles. The number of nitrogens with zero attached hydrogens (tertiary/aromatic N) is 4. The van der Waals surface area contributed by atoms with Crippen molar-refractivity contribution in [2.24, 2.45) is 7.05 Å². The van der Waals surface area contributed by atoms with Crippen molar-refractivity contribution in [2.45, 2.75) is 13.1 Å². The van der Waals surface area contributed by atoms with Crippen molar-refractivity contribution in [3.8, 4) is 6.07 Å². The quantitative estimate of drug-likeness (QED) is 0.843. The van der Waals surface area contributed by atoms with Crippen LogP contribution in [0.3, 0.4) is 0 Å². The van der Waals surface area contributed by atoms with E-state index in [1.54, 1.807) is 18.3 Å². The molecule has 0 aliphatic rings. The van der Waals surface area contributed by atoms with Crippen LogP contribution in [0.15, 0.2) is 30.6 Å². The minimum Gasteiger partial charge on any atom is -0.337 e. The zero-order valence-corrected chi connectivity index (χ0v) is 11.0. The third kappa shape index (κ3) is 2.98. The average Bonchev–Trinajstić information content (AvgIpc) is 2.78. The maximum absolute atomic E-state index is 13.9. The van der Waals surface area contributed by atoms with Crippen molar-refractivity contribution < 1.29 is 4.39 Å². The van der Waals surface area contributed by atoms with Crippen molar-refractivity contribution in [2.75, 3.05) is 7.05 Å². The molecule has 2 rings (SSSR count). The summed E-state index contributed by atoms with van der Waals surface area (Å²) in [4.78, 5) is 6.19. The average molecular weight is 258 g/mol. The predicted octanol–water partition coefficient (Wildman–Crippen LogP) is 2.06. The number of benzene rings is 1. The number of hydrogen-bond acceptors (Lipinski definition) is 3. The Morgan fingerprint density at radius 3 is 2.84 bits per heavy atom. The zero-order chi connectivity index (χ0) is 13.8. The maximum Gasteiger partial charge on any atom is 0.145 e. The van der Waals surface area contributed by atoms with E-state index in [4.69, 9.17) is 5.26 Å². The van der Waals surface area contributed by atoms with Crippen LogP contribution in [-0.4, -0.2) is 21.5 Å². The van der Waals surface area contributed by atoms with E-state index in [0.717, 1.165) is 5.82 Å². The summed E-state index contributed by atoms with van der Waals surface area (Å²) in [6, 6.07) is 6.74. The number of aromatic nitrogens is 2. The van der Waals surface area contributed by atoms with E-state index in [1.165, 1.54) is 6.07 Å². The van der Waals surface area contributed by atoms with Gasteiger partial charge >= 0.3 is 0 Å². The number of aryl methyl sites for hydroxylation is 1. The lowest BCUT2D eigenvalue weighted by molar-refractivity contribution is 0.302. The second-order valence-corrected chi connectivity index (χ2v) is 4.52. The fourth-order valence-electron chi connectivity index (χ4n) is 1.93. The first-order valence-corrected chi connectivity index (χ1v) is 5.94. The molecule has 0 unspecified atom stereocenters. The molecule has 98 valence electrons. The number of hydrogen-bond donors (Lipinski definition) is 0. The van der Waals surface area contributed by atoms with Gasteiger partial charge in [-0.3, -0.25) is 4.90 Å². The van der Waals surface area contributed by atoms with E-state index in [2.05, 4.69) is 4.98 Å². The second kappa shape index (κ2) is 5.63. The van der Waals surface area contributed by atoms with Gasteiger partial charge in [-0.1, -0.05) is 12.1 Å². The van der Waals surface area contributed by atoms with E-state index >= 15 is 0 Å². The van der Waals surface area contributed by atoms with Gasteiger partial charge in [0.2, 0.25) is 0 Å². The summed E-state index contributed by atoms with van der Waals surface area (Å²) in [5.74, 6) is 0.482. The largest absolute Gasteiger partial charge is 0.337 e. The monoisotopic (exact) mass is 258 g/mol. The minimum absolute atomic E-state index is 0.0860. The van der Waals surface area contributed by atoms with Gasteiger partial charge in [-0.2, -0.15) is 5.26 Å². The molecular formula is C14H15FN4. The molecule has 0 spiro atoms. The summed E-state index contributed by atoms with van der Waals surface area (Å²) >= 11 is 0. The molecule has 0 fully saturated rings. The Bertz CT molecular complexity index is 612. The normalized spacial score (nSPS) is 10.7. The molecule has 0 atom stereocenters. The fraction of sp³-hybridized carbons (Fsp3) is 0.286. The van der Waals surface area contributed by atoms with Crippen LogP contribution in [0.2, 0.25) is 0 Å². The van der Waals surface area contributed by atoms with Gasteiger partial charge in [-0.25, -0.2) is 9.37 Å². The zero-order valence-electron chi connectivity index (χ0n) is 11.0. The van der Waals surface area contributed by atoms with E-state index in [1.807, 2.05) is 35.8 Å². The van der Waals surface area contributed by atoms with Crippen LogP contribution in [0.25, 0.3) is 0 Å². The molecule has 5 heteroatoms. The molecule has 0 aliphatic carbocycles. The van der Waals surface area contributed by atoms with Gasteiger partial charge in [-0.15, -0.1) is 0 Å². The van der Waals surface area contributed by atoms with Gasteiger partial charge in [0.15, 0.2) is 0 Å². The van der Waals surface area contributed by atoms with E-state index < -0.39 is 5.82 Å².